The number of nitrogens with one attached hydrogen (secondary N) is 1. The number of piperazine rings is 1. The molecule has 1 N–H and O–H groups in total. The van der Waals surface area contributed by atoms with Crippen LogP contribution in [0.25, 0.3) is 0 Å². The summed E-state index contributed by atoms with van der Waals surface area (Å²) in [4.78, 5) is 16.9. The van der Waals surface area contributed by atoms with Gasteiger partial charge in [0, 0.05) is 38.4 Å². The Kier molecular flexibility index (Phi) is 7.76. The molecule has 4 rings (SSSR count). The zero-order valence-electron chi connectivity index (χ0n) is 17.1. The first-order valence-electron chi connectivity index (χ1n) is 10.2. The summed E-state index contributed by atoms with van der Waals surface area (Å²) in [5, 5.41) is 12.3. The number of amides is 1. The minimum Gasteiger partial charge on any atom is -0.492 e. The van der Waals surface area contributed by atoms with E-state index in [1.807, 2.05) is 65.6 Å². The maximum absolute atomic E-state index is 12.6. The van der Waals surface area contributed by atoms with E-state index in [1.165, 1.54) is 23.1 Å². The molecule has 0 aliphatic carbocycles. The van der Waals surface area contributed by atoms with E-state index in [2.05, 4.69) is 20.4 Å². The van der Waals surface area contributed by atoms with Gasteiger partial charge in [-0.25, -0.2) is 0 Å². The van der Waals surface area contributed by atoms with Crippen molar-refractivity contribution in [3.05, 3.63) is 60.7 Å². The number of ether oxygens (including phenoxy) is 1. The van der Waals surface area contributed by atoms with Crippen molar-refractivity contribution < 1.29 is 9.53 Å². The lowest BCUT2D eigenvalue weighted by Crippen LogP contribution is -2.50. The summed E-state index contributed by atoms with van der Waals surface area (Å²) in [5.74, 6) is 1.43. The lowest BCUT2D eigenvalue weighted by atomic mass is 10.3. The summed E-state index contributed by atoms with van der Waals surface area (Å²) < 4.78 is 6.56. The van der Waals surface area contributed by atoms with Crippen molar-refractivity contribution >= 4 is 39.8 Å². The molecule has 9 heteroatoms. The van der Waals surface area contributed by atoms with E-state index in [0.717, 1.165) is 53.6 Å². The van der Waals surface area contributed by atoms with Crippen LogP contribution in [-0.2, 0) is 4.79 Å². The molecule has 0 saturated carbocycles. The fraction of sp³-hybridized carbons (Fsp3) is 0.318. The van der Waals surface area contributed by atoms with Crippen molar-refractivity contribution in [3.8, 4) is 5.75 Å². The summed E-state index contributed by atoms with van der Waals surface area (Å²) in [6.07, 6.45) is 0. The number of rotatable bonds is 9. The van der Waals surface area contributed by atoms with Gasteiger partial charge in [-0.05, 0) is 24.3 Å². The molecule has 1 saturated heterocycles. The minimum absolute atomic E-state index is 0.151. The molecule has 0 bridgehead atoms. The predicted molar refractivity (Wildman–Crippen MR) is 125 cm³/mol. The molecule has 2 heterocycles. The number of aromatic nitrogens is 2. The van der Waals surface area contributed by atoms with Gasteiger partial charge in [0.2, 0.25) is 11.0 Å². The third kappa shape index (κ3) is 6.68. The monoisotopic (exact) mass is 455 g/mol. The molecule has 0 radical (unpaired) electrons. The first-order valence-corrected chi connectivity index (χ1v) is 12.0. The third-order valence-electron chi connectivity index (χ3n) is 4.90. The molecule has 162 valence electrons. The predicted octanol–water partition coefficient (Wildman–Crippen LogP) is 3.60. The SMILES string of the molecule is O=C(CSc1nnc(Nc2ccccc2)s1)N1CCN(CCOc2ccccc2)CC1. The number of hydrogen-bond donors (Lipinski definition) is 1. The highest BCUT2D eigenvalue weighted by atomic mass is 32.2. The van der Waals surface area contributed by atoms with Gasteiger partial charge < -0.3 is 15.0 Å². The van der Waals surface area contributed by atoms with Crippen molar-refractivity contribution in [3.63, 3.8) is 0 Å². The number of para-hydroxylation sites is 2. The lowest BCUT2D eigenvalue weighted by molar-refractivity contribution is -0.130. The molecule has 1 fully saturated rings. The second-order valence-corrected chi connectivity index (χ2v) is 9.24. The quantitative estimate of drug-likeness (QED) is 0.495. The number of hydrogen-bond acceptors (Lipinski definition) is 8. The molecule has 0 atom stereocenters. The Labute approximate surface area is 190 Å². The molecule has 0 unspecified atom stereocenters. The lowest BCUT2D eigenvalue weighted by Gasteiger charge is -2.34. The minimum atomic E-state index is 0.151. The van der Waals surface area contributed by atoms with Gasteiger partial charge in [0.15, 0.2) is 4.34 Å². The van der Waals surface area contributed by atoms with Crippen LogP contribution in [0.1, 0.15) is 0 Å². The van der Waals surface area contributed by atoms with Gasteiger partial charge in [-0.15, -0.1) is 10.2 Å². The molecule has 7 nitrogen and oxygen atoms in total. The van der Waals surface area contributed by atoms with E-state index in [-0.39, 0.29) is 5.91 Å². The highest BCUT2D eigenvalue weighted by Gasteiger charge is 2.21. The summed E-state index contributed by atoms with van der Waals surface area (Å²) in [6.45, 7) is 4.78. The average molecular weight is 456 g/mol. The summed E-state index contributed by atoms with van der Waals surface area (Å²) in [7, 11) is 0. The van der Waals surface area contributed by atoms with Gasteiger partial charge in [0.1, 0.15) is 12.4 Å². The van der Waals surface area contributed by atoms with Crippen LogP contribution in [0.4, 0.5) is 10.8 Å². The van der Waals surface area contributed by atoms with Crippen LogP contribution in [0.3, 0.4) is 0 Å². The molecule has 2 aromatic carbocycles. The molecule has 3 aromatic rings. The van der Waals surface area contributed by atoms with Crippen LogP contribution in [0, 0.1) is 0 Å². The van der Waals surface area contributed by atoms with Gasteiger partial charge in [0.05, 0.1) is 5.75 Å². The molecule has 1 aliphatic heterocycles. The Hall–Kier alpha value is -2.62. The van der Waals surface area contributed by atoms with Crippen molar-refractivity contribution in [1.29, 1.82) is 0 Å². The highest BCUT2D eigenvalue weighted by molar-refractivity contribution is 8.01. The summed E-state index contributed by atoms with van der Waals surface area (Å²) >= 11 is 2.91. The van der Waals surface area contributed by atoms with Crippen LogP contribution in [0.15, 0.2) is 65.0 Å². The Balaban J connectivity index is 1.14. The maximum atomic E-state index is 12.6. The maximum Gasteiger partial charge on any atom is 0.233 e. The first kappa shape index (κ1) is 21.6. The van der Waals surface area contributed by atoms with Gasteiger partial charge in [-0.2, -0.15) is 0 Å². The van der Waals surface area contributed by atoms with Crippen LogP contribution in [0.2, 0.25) is 0 Å². The van der Waals surface area contributed by atoms with Gasteiger partial charge in [0.25, 0.3) is 0 Å². The number of thioether (sulfide) groups is 1. The van der Waals surface area contributed by atoms with Crippen LogP contribution in [-0.4, -0.2) is 71.0 Å². The van der Waals surface area contributed by atoms with E-state index >= 15 is 0 Å². The van der Waals surface area contributed by atoms with Gasteiger partial charge >= 0.3 is 0 Å². The van der Waals surface area contributed by atoms with Crippen molar-refractivity contribution in [1.82, 2.24) is 20.0 Å². The average Bonchev–Trinajstić information content (AvgIpc) is 3.26. The van der Waals surface area contributed by atoms with Gasteiger partial charge in [-0.3, -0.25) is 9.69 Å². The molecule has 31 heavy (non-hydrogen) atoms. The summed E-state index contributed by atoms with van der Waals surface area (Å²) in [6, 6.07) is 19.7. The standard InChI is InChI=1S/C22H25N5O2S2/c28-20(17-30-22-25-24-21(31-22)23-18-7-3-1-4-8-18)27-13-11-26(12-14-27)15-16-29-19-9-5-2-6-10-19/h1-10H,11-17H2,(H,23,24). The molecule has 1 aliphatic rings. The van der Waals surface area contributed by atoms with E-state index in [9.17, 15) is 4.79 Å². The van der Waals surface area contributed by atoms with Crippen LogP contribution in [0.5, 0.6) is 5.75 Å². The molecule has 1 aromatic heterocycles. The Morgan fingerprint density at radius 2 is 1.71 bits per heavy atom. The molecular weight excluding hydrogens is 430 g/mol. The number of anilines is 2. The number of benzene rings is 2. The van der Waals surface area contributed by atoms with E-state index in [4.69, 9.17) is 4.74 Å². The van der Waals surface area contributed by atoms with Crippen molar-refractivity contribution in [2.45, 2.75) is 4.34 Å². The van der Waals surface area contributed by atoms with Crippen LogP contribution >= 0.6 is 23.1 Å². The van der Waals surface area contributed by atoms with Crippen molar-refractivity contribution in [2.75, 3.05) is 50.4 Å². The molecule has 1 amide bonds. The highest BCUT2D eigenvalue weighted by Crippen LogP contribution is 2.27. The van der Waals surface area contributed by atoms with E-state index < -0.39 is 0 Å². The topological polar surface area (TPSA) is 70.6 Å². The Morgan fingerprint density at radius 3 is 2.45 bits per heavy atom. The smallest absolute Gasteiger partial charge is 0.233 e. The largest absolute Gasteiger partial charge is 0.492 e. The molecular formula is C22H25N5O2S2. The summed E-state index contributed by atoms with van der Waals surface area (Å²) in [5.41, 5.74) is 0.971. The zero-order chi connectivity index (χ0) is 21.3. The second-order valence-electron chi connectivity index (χ2n) is 7.04. The van der Waals surface area contributed by atoms with Crippen molar-refractivity contribution in [2.24, 2.45) is 0 Å². The third-order valence-corrected chi connectivity index (χ3v) is 6.85. The Morgan fingerprint density at radius 1 is 1.00 bits per heavy atom. The van der Waals surface area contributed by atoms with E-state index in [0.29, 0.717) is 12.4 Å². The fourth-order valence-electron chi connectivity index (χ4n) is 3.21. The first-order chi connectivity index (χ1) is 15.3. The van der Waals surface area contributed by atoms with Gasteiger partial charge in [-0.1, -0.05) is 59.5 Å². The number of carbonyl (C=O) groups is 1. The zero-order valence-corrected chi connectivity index (χ0v) is 18.8. The number of nitrogens with zero attached hydrogens (tertiary/aromatic N) is 4. The molecule has 0 spiro atoms. The van der Waals surface area contributed by atoms with E-state index in [1.54, 1.807) is 0 Å². The second kappa shape index (κ2) is 11.1. The Bertz CT molecular complexity index is 947. The van der Waals surface area contributed by atoms with Crippen LogP contribution < -0.4 is 10.1 Å². The number of carbonyl (C=O) groups excluding carboxylic acids is 1. The normalized spacial score (nSPS) is 14.4. The fourth-order valence-corrected chi connectivity index (χ4v) is 4.88.